The summed E-state index contributed by atoms with van der Waals surface area (Å²) in [6, 6.07) is 9.94. The van der Waals surface area contributed by atoms with E-state index in [1.807, 2.05) is 44.2 Å². The van der Waals surface area contributed by atoms with Gasteiger partial charge in [0, 0.05) is 5.88 Å². The largest absolute Gasteiger partial charge is 0.349 e. The van der Waals surface area contributed by atoms with Crippen LogP contribution in [0.25, 0.3) is 0 Å². The number of hydrogen-bond acceptors (Lipinski definition) is 1. The summed E-state index contributed by atoms with van der Waals surface area (Å²) in [5.74, 6) is 0.579. The van der Waals surface area contributed by atoms with E-state index in [1.54, 1.807) is 0 Å². The Hall–Kier alpha value is -1.02. The molecule has 0 aromatic heterocycles. The SMILES string of the molecule is CC(C)(C(=O)NC1(CCl)CCCCC1)c1ccccc1. The molecular weight excluding hydrogens is 270 g/mol. The fraction of sp³-hybridized carbons (Fsp3) is 0.588. The second-order valence-corrected chi connectivity index (χ2v) is 6.69. The monoisotopic (exact) mass is 293 g/mol. The molecule has 2 nitrogen and oxygen atoms in total. The Morgan fingerprint density at radius 3 is 2.35 bits per heavy atom. The third-order valence-electron chi connectivity index (χ3n) is 4.51. The normalized spacial score (nSPS) is 18.6. The van der Waals surface area contributed by atoms with Crippen LogP contribution in [0.2, 0.25) is 0 Å². The van der Waals surface area contributed by atoms with E-state index in [9.17, 15) is 4.79 Å². The molecular formula is C17H24ClNO. The van der Waals surface area contributed by atoms with Crippen molar-refractivity contribution >= 4 is 17.5 Å². The van der Waals surface area contributed by atoms with Gasteiger partial charge in [-0.05, 0) is 32.3 Å². The number of alkyl halides is 1. The second kappa shape index (κ2) is 6.17. The molecule has 1 saturated carbocycles. The maximum Gasteiger partial charge on any atom is 0.230 e. The van der Waals surface area contributed by atoms with E-state index < -0.39 is 5.41 Å². The molecule has 1 aromatic carbocycles. The van der Waals surface area contributed by atoms with E-state index >= 15 is 0 Å². The summed E-state index contributed by atoms with van der Waals surface area (Å²) < 4.78 is 0. The summed E-state index contributed by atoms with van der Waals surface area (Å²) in [7, 11) is 0. The minimum absolute atomic E-state index is 0.0752. The van der Waals surface area contributed by atoms with E-state index in [-0.39, 0.29) is 11.4 Å². The first-order valence-electron chi connectivity index (χ1n) is 7.44. The predicted octanol–water partition coefficient (Wildman–Crippen LogP) is 4.02. The van der Waals surface area contributed by atoms with E-state index in [4.69, 9.17) is 11.6 Å². The molecule has 0 atom stereocenters. The summed E-state index contributed by atoms with van der Waals surface area (Å²) in [5, 5.41) is 3.25. The standard InChI is InChI=1S/C17H24ClNO/c1-16(2,14-9-5-3-6-10-14)15(20)19-17(13-18)11-7-4-8-12-17/h3,5-6,9-10H,4,7-8,11-13H2,1-2H3,(H,19,20). The number of carbonyl (C=O) groups excluding carboxylic acids is 1. The Bertz CT molecular complexity index is 449. The highest BCUT2D eigenvalue weighted by atomic mass is 35.5. The van der Waals surface area contributed by atoms with Gasteiger partial charge in [-0.2, -0.15) is 0 Å². The highest BCUT2D eigenvalue weighted by molar-refractivity contribution is 6.18. The first-order chi connectivity index (χ1) is 9.50. The molecule has 1 aliphatic carbocycles. The minimum Gasteiger partial charge on any atom is -0.349 e. The Morgan fingerprint density at radius 2 is 1.80 bits per heavy atom. The zero-order chi connectivity index (χ0) is 14.6. The molecule has 1 aliphatic rings. The van der Waals surface area contributed by atoms with E-state index in [1.165, 1.54) is 6.42 Å². The van der Waals surface area contributed by atoms with Gasteiger partial charge in [-0.1, -0.05) is 49.6 Å². The summed E-state index contributed by atoms with van der Waals surface area (Å²) in [6.07, 6.45) is 5.54. The van der Waals surface area contributed by atoms with E-state index in [2.05, 4.69) is 5.32 Å². The average molecular weight is 294 g/mol. The number of carbonyl (C=O) groups is 1. The highest BCUT2D eigenvalue weighted by Crippen LogP contribution is 2.31. The summed E-state index contributed by atoms with van der Waals surface area (Å²) in [6.45, 7) is 3.95. The zero-order valence-electron chi connectivity index (χ0n) is 12.4. The predicted molar refractivity (Wildman–Crippen MR) is 84.1 cm³/mol. The van der Waals surface area contributed by atoms with Crippen molar-refractivity contribution in [3.63, 3.8) is 0 Å². The molecule has 1 N–H and O–H groups in total. The number of benzene rings is 1. The lowest BCUT2D eigenvalue weighted by atomic mass is 9.79. The van der Waals surface area contributed by atoms with Crippen LogP contribution in [0.3, 0.4) is 0 Å². The van der Waals surface area contributed by atoms with Crippen LogP contribution >= 0.6 is 11.6 Å². The molecule has 0 unspecified atom stereocenters. The molecule has 0 bridgehead atoms. The number of hydrogen-bond donors (Lipinski definition) is 1. The fourth-order valence-corrected chi connectivity index (χ4v) is 3.24. The minimum atomic E-state index is -0.530. The Kier molecular flexibility index (Phi) is 4.74. The second-order valence-electron chi connectivity index (χ2n) is 6.42. The van der Waals surface area contributed by atoms with Gasteiger partial charge in [0.15, 0.2) is 0 Å². The topological polar surface area (TPSA) is 29.1 Å². The lowest BCUT2D eigenvalue weighted by Crippen LogP contribution is -2.55. The zero-order valence-corrected chi connectivity index (χ0v) is 13.2. The van der Waals surface area contributed by atoms with Crippen molar-refractivity contribution in [1.82, 2.24) is 5.32 Å². The van der Waals surface area contributed by atoms with Crippen molar-refractivity contribution in [2.45, 2.75) is 56.9 Å². The maximum atomic E-state index is 12.7. The molecule has 1 amide bonds. The molecule has 0 radical (unpaired) electrons. The van der Waals surface area contributed by atoms with Gasteiger partial charge >= 0.3 is 0 Å². The van der Waals surface area contributed by atoms with Gasteiger partial charge in [0.05, 0.1) is 11.0 Å². The van der Waals surface area contributed by atoms with Crippen molar-refractivity contribution < 1.29 is 4.79 Å². The quantitative estimate of drug-likeness (QED) is 0.835. The fourth-order valence-electron chi connectivity index (χ4n) is 2.90. The Morgan fingerprint density at radius 1 is 1.20 bits per heavy atom. The van der Waals surface area contributed by atoms with Crippen molar-refractivity contribution in [3.05, 3.63) is 35.9 Å². The lowest BCUT2D eigenvalue weighted by molar-refractivity contribution is -0.127. The third-order valence-corrected chi connectivity index (χ3v) is 5.02. The number of halogens is 1. The van der Waals surface area contributed by atoms with Crippen LogP contribution in [0.1, 0.15) is 51.5 Å². The van der Waals surface area contributed by atoms with Crippen LogP contribution in [0, 0.1) is 0 Å². The smallest absolute Gasteiger partial charge is 0.230 e. The Labute approximate surface area is 126 Å². The lowest BCUT2D eigenvalue weighted by Gasteiger charge is -2.39. The number of amides is 1. The van der Waals surface area contributed by atoms with Gasteiger partial charge in [0.25, 0.3) is 0 Å². The molecule has 0 saturated heterocycles. The van der Waals surface area contributed by atoms with Gasteiger partial charge in [-0.3, -0.25) is 4.79 Å². The highest BCUT2D eigenvalue weighted by Gasteiger charge is 2.38. The van der Waals surface area contributed by atoms with Gasteiger partial charge < -0.3 is 5.32 Å². The summed E-state index contributed by atoms with van der Waals surface area (Å²) in [5.41, 5.74) is 0.304. The van der Waals surface area contributed by atoms with Gasteiger partial charge in [0.2, 0.25) is 5.91 Å². The number of nitrogens with one attached hydrogen (secondary N) is 1. The van der Waals surface area contributed by atoms with E-state index in [0.29, 0.717) is 5.88 Å². The van der Waals surface area contributed by atoms with Crippen LogP contribution in [0.15, 0.2) is 30.3 Å². The van der Waals surface area contributed by atoms with Crippen LogP contribution in [0.5, 0.6) is 0 Å². The molecule has 1 fully saturated rings. The van der Waals surface area contributed by atoms with Crippen molar-refractivity contribution in [3.8, 4) is 0 Å². The molecule has 20 heavy (non-hydrogen) atoms. The van der Waals surface area contributed by atoms with Gasteiger partial charge in [-0.15, -0.1) is 11.6 Å². The van der Waals surface area contributed by atoms with Crippen molar-refractivity contribution in [1.29, 1.82) is 0 Å². The molecule has 110 valence electrons. The third kappa shape index (κ3) is 3.17. The van der Waals surface area contributed by atoms with Crippen LogP contribution < -0.4 is 5.32 Å². The molecule has 0 aliphatic heterocycles. The van der Waals surface area contributed by atoms with Crippen LogP contribution in [-0.4, -0.2) is 17.3 Å². The van der Waals surface area contributed by atoms with Crippen molar-refractivity contribution in [2.75, 3.05) is 5.88 Å². The van der Waals surface area contributed by atoms with Gasteiger partial charge in [-0.25, -0.2) is 0 Å². The molecule has 1 aromatic rings. The number of rotatable bonds is 4. The molecule has 2 rings (SSSR count). The molecule has 0 spiro atoms. The van der Waals surface area contributed by atoms with Crippen molar-refractivity contribution in [2.24, 2.45) is 0 Å². The molecule has 0 heterocycles. The van der Waals surface area contributed by atoms with Gasteiger partial charge in [0.1, 0.15) is 0 Å². The van der Waals surface area contributed by atoms with Crippen LogP contribution in [-0.2, 0) is 10.2 Å². The summed E-state index contributed by atoms with van der Waals surface area (Å²) in [4.78, 5) is 12.7. The Balaban J connectivity index is 2.14. The van der Waals surface area contributed by atoms with E-state index in [0.717, 1.165) is 31.2 Å². The molecule has 3 heteroatoms. The van der Waals surface area contributed by atoms with Crippen LogP contribution in [0.4, 0.5) is 0 Å². The first kappa shape index (κ1) is 15.4. The summed E-state index contributed by atoms with van der Waals surface area (Å²) >= 11 is 6.16. The first-order valence-corrected chi connectivity index (χ1v) is 7.98. The average Bonchev–Trinajstić information content (AvgIpc) is 2.49. The maximum absolute atomic E-state index is 12.7.